The summed E-state index contributed by atoms with van der Waals surface area (Å²) >= 11 is 0. The highest BCUT2D eigenvalue weighted by molar-refractivity contribution is 14.0. The van der Waals surface area contributed by atoms with E-state index >= 15 is 0 Å². The van der Waals surface area contributed by atoms with E-state index in [2.05, 4.69) is 22.5 Å². The van der Waals surface area contributed by atoms with Crippen molar-refractivity contribution < 1.29 is 8.42 Å². The maximum absolute atomic E-state index is 11.2. The highest BCUT2D eigenvalue weighted by atomic mass is 127. The lowest BCUT2D eigenvalue weighted by atomic mass is 9.81. The van der Waals surface area contributed by atoms with Gasteiger partial charge in [0.1, 0.15) is 9.84 Å². The van der Waals surface area contributed by atoms with Crippen molar-refractivity contribution >= 4 is 39.8 Å². The van der Waals surface area contributed by atoms with E-state index in [0.717, 1.165) is 37.3 Å². The zero-order chi connectivity index (χ0) is 17.3. The highest BCUT2D eigenvalue weighted by Gasteiger charge is 2.18. The number of halogens is 1. The third kappa shape index (κ3) is 11.5. The number of rotatable bonds is 8. The summed E-state index contributed by atoms with van der Waals surface area (Å²) in [4.78, 5) is 4.66. The van der Waals surface area contributed by atoms with Gasteiger partial charge in [0.25, 0.3) is 0 Å². The Morgan fingerprint density at radius 2 is 2.04 bits per heavy atom. The lowest BCUT2D eigenvalue weighted by Gasteiger charge is -2.26. The van der Waals surface area contributed by atoms with Gasteiger partial charge in [0.05, 0.1) is 5.75 Å². The van der Waals surface area contributed by atoms with E-state index < -0.39 is 9.84 Å². The number of nitrogens with zero attached hydrogens (tertiary/aromatic N) is 1. The molecule has 1 fully saturated rings. The zero-order valence-electron chi connectivity index (χ0n) is 15.7. The maximum Gasteiger partial charge on any atom is 0.191 e. The number of hydrogen-bond donors (Lipinski definition) is 2. The minimum atomic E-state index is -2.90. The Balaban J connectivity index is 0.00000529. The first kappa shape index (κ1) is 23.9. The fourth-order valence-electron chi connectivity index (χ4n) is 3.20. The standard InChI is InChI=1S/C17H35N3O2S.HI/c1-5-18-17(20-15(3)10-12-23(4,21)22)19-11-9-16-8-6-7-14(2)13-16;/h14-16H,5-13H2,1-4H3,(H2,18,19,20);1H. The normalized spacial score (nSPS) is 23.2. The van der Waals surface area contributed by atoms with Crippen LogP contribution in [0.4, 0.5) is 0 Å². The van der Waals surface area contributed by atoms with Crippen molar-refractivity contribution in [2.24, 2.45) is 16.8 Å². The summed E-state index contributed by atoms with van der Waals surface area (Å²) in [7, 11) is -2.90. The number of aliphatic imine (C=N–C) groups is 1. The van der Waals surface area contributed by atoms with Gasteiger partial charge in [-0.05, 0) is 44.9 Å². The molecule has 2 N–H and O–H groups in total. The largest absolute Gasteiger partial charge is 0.357 e. The number of nitrogens with one attached hydrogen (secondary N) is 2. The summed E-state index contributed by atoms with van der Waals surface area (Å²) in [6, 6.07) is 0.0947. The van der Waals surface area contributed by atoms with Crippen LogP contribution in [-0.2, 0) is 9.84 Å². The average molecular weight is 473 g/mol. The van der Waals surface area contributed by atoms with Crippen LogP contribution in [0.5, 0.6) is 0 Å². The van der Waals surface area contributed by atoms with Crippen molar-refractivity contribution in [3.05, 3.63) is 0 Å². The van der Waals surface area contributed by atoms with Crippen LogP contribution < -0.4 is 10.6 Å². The number of hydrogen-bond acceptors (Lipinski definition) is 3. The van der Waals surface area contributed by atoms with Crippen LogP contribution in [0.15, 0.2) is 4.99 Å². The first-order valence-electron chi connectivity index (χ1n) is 9.02. The van der Waals surface area contributed by atoms with Gasteiger partial charge in [0.2, 0.25) is 0 Å². The fourth-order valence-corrected chi connectivity index (χ4v) is 3.98. The van der Waals surface area contributed by atoms with Crippen molar-refractivity contribution in [3.63, 3.8) is 0 Å². The second-order valence-corrected chi connectivity index (χ2v) is 9.41. The predicted molar refractivity (Wildman–Crippen MR) is 114 cm³/mol. The van der Waals surface area contributed by atoms with E-state index in [1.54, 1.807) is 0 Å². The van der Waals surface area contributed by atoms with Crippen molar-refractivity contribution in [3.8, 4) is 0 Å². The molecular formula is C17H36IN3O2S. The lowest BCUT2D eigenvalue weighted by Crippen LogP contribution is -2.43. The Kier molecular flexibility index (Phi) is 12.3. The molecule has 0 saturated heterocycles. The molecule has 7 heteroatoms. The molecule has 144 valence electrons. The molecule has 1 rings (SSSR count). The van der Waals surface area contributed by atoms with Crippen molar-refractivity contribution in [1.29, 1.82) is 0 Å². The summed E-state index contributed by atoms with van der Waals surface area (Å²) < 4.78 is 22.5. The van der Waals surface area contributed by atoms with Crippen LogP contribution in [0.3, 0.4) is 0 Å². The molecule has 0 aliphatic heterocycles. The van der Waals surface area contributed by atoms with E-state index in [-0.39, 0.29) is 35.8 Å². The smallest absolute Gasteiger partial charge is 0.191 e. The Labute approximate surface area is 165 Å². The van der Waals surface area contributed by atoms with E-state index in [9.17, 15) is 8.42 Å². The molecule has 1 aliphatic rings. The summed E-state index contributed by atoms with van der Waals surface area (Å²) in [6.07, 6.45) is 8.45. The van der Waals surface area contributed by atoms with Crippen LogP contribution >= 0.6 is 24.0 Å². The first-order chi connectivity index (χ1) is 10.8. The Hall–Kier alpha value is -0.0500. The summed E-state index contributed by atoms with van der Waals surface area (Å²) in [5, 5.41) is 6.56. The molecule has 0 heterocycles. The maximum atomic E-state index is 11.2. The van der Waals surface area contributed by atoms with Crippen molar-refractivity contribution in [2.75, 3.05) is 25.1 Å². The fraction of sp³-hybridized carbons (Fsp3) is 0.941. The summed E-state index contributed by atoms with van der Waals surface area (Å²) in [5.41, 5.74) is 0. The van der Waals surface area contributed by atoms with Crippen molar-refractivity contribution in [1.82, 2.24) is 10.6 Å². The molecule has 0 aromatic heterocycles. The SMILES string of the molecule is CCNC(=NCCC1CCCC(C)C1)NC(C)CCS(C)(=O)=O.I. The van der Waals surface area contributed by atoms with Gasteiger partial charge in [0, 0.05) is 25.4 Å². The van der Waals surface area contributed by atoms with Crippen LogP contribution in [0, 0.1) is 11.8 Å². The van der Waals surface area contributed by atoms with Gasteiger partial charge in [0.15, 0.2) is 5.96 Å². The third-order valence-corrected chi connectivity index (χ3v) is 5.48. The quantitative estimate of drug-likeness (QED) is 0.323. The topological polar surface area (TPSA) is 70.6 Å². The van der Waals surface area contributed by atoms with E-state index in [0.29, 0.717) is 6.42 Å². The van der Waals surface area contributed by atoms with Crippen LogP contribution in [0.1, 0.15) is 59.3 Å². The molecule has 0 aromatic rings. The van der Waals surface area contributed by atoms with E-state index in [1.807, 2.05) is 13.8 Å². The van der Waals surface area contributed by atoms with Gasteiger partial charge < -0.3 is 10.6 Å². The molecule has 5 nitrogen and oxygen atoms in total. The highest BCUT2D eigenvalue weighted by Crippen LogP contribution is 2.30. The zero-order valence-corrected chi connectivity index (χ0v) is 18.8. The Morgan fingerprint density at radius 1 is 1.33 bits per heavy atom. The second kappa shape index (κ2) is 12.3. The van der Waals surface area contributed by atoms with Gasteiger partial charge >= 0.3 is 0 Å². The lowest BCUT2D eigenvalue weighted by molar-refractivity contribution is 0.272. The molecule has 1 aliphatic carbocycles. The minimum absolute atomic E-state index is 0. The van der Waals surface area contributed by atoms with Gasteiger partial charge in [-0.1, -0.05) is 26.2 Å². The molecule has 1 saturated carbocycles. The molecule has 3 unspecified atom stereocenters. The number of guanidine groups is 1. The Bertz CT molecular complexity index is 468. The summed E-state index contributed by atoms with van der Waals surface area (Å²) in [5.74, 6) is 2.69. The molecule has 24 heavy (non-hydrogen) atoms. The third-order valence-electron chi connectivity index (χ3n) is 4.50. The van der Waals surface area contributed by atoms with E-state index in [4.69, 9.17) is 0 Å². The first-order valence-corrected chi connectivity index (χ1v) is 11.1. The molecule has 0 aromatic carbocycles. The van der Waals surface area contributed by atoms with Gasteiger partial charge in [-0.2, -0.15) is 0 Å². The average Bonchev–Trinajstić information content (AvgIpc) is 2.45. The molecule has 0 spiro atoms. The molecule has 0 radical (unpaired) electrons. The Morgan fingerprint density at radius 3 is 2.62 bits per heavy atom. The van der Waals surface area contributed by atoms with Gasteiger partial charge in [-0.25, -0.2) is 8.42 Å². The van der Waals surface area contributed by atoms with Crippen molar-refractivity contribution in [2.45, 2.75) is 65.3 Å². The van der Waals surface area contributed by atoms with Crippen LogP contribution in [-0.4, -0.2) is 45.5 Å². The molecule has 3 atom stereocenters. The van der Waals surface area contributed by atoms with E-state index in [1.165, 1.54) is 31.9 Å². The minimum Gasteiger partial charge on any atom is -0.357 e. The summed E-state index contributed by atoms with van der Waals surface area (Å²) in [6.45, 7) is 8.04. The number of sulfone groups is 1. The monoisotopic (exact) mass is 473 g/mol. The van der Waals surface area contributed by atoms with Gasteiger partial charge in [-0.3, -0.25) is 4.99 Å². The second-order valence-electron chi connectivity index (χ2n) is 7.15. The van der Waals surface area contributed by atoms with Gasteiger partial charge in [-0.15, -0.1) is 24.0 Å². The molecular weight excluding hydrogens is 437 g/mol. The van der Waals surface area contributed by atoms with Crippen LogP contribution in [0.2, 0.25) is 0 Å². The molecule has 0 bridgehead atoms. The van der Waals surface area contributed by atoms with Crippen LogP contribution in [0.25, 0.3) is 0 Å². The molecule has 0 amide bonds. The predicted octanol–water partition coefficient (Wildman–Crippen LogP) is 3.20.